The van der Waals surface area contributed by atoms with Gasteiger partial charge < -0.3 is 30.5 Å². The van der Waals surface area contributed by atoms with E-state index in [0.29, 0.717) is 5.52 Å². The molecule has 0 saturated carbocycles. The third-order valence-electron chi connectivity index (χ3n) is 4.63. The van der Waals surface area contributed by atoms with Crippen LogP contribution >= 0.6 is 7.82 Å². The van der Waals surface area contributed by atoms with Gasteiger partial charge in [0.15, 0.2) is 17.7 Å². The molecular formula is C16H19N8O7P. The monoisotopic (exact) mass is 466 g/mol. The molecule has 5 rings (SSSR count). The SMILES string of the molecule is Nc1ncnc2c1ncn2[C@@H]1O[C@H](COP(=O)(O)O)[C@@H](O)[C@H]1O.c1ccc2n[nH]nc2c1. The molecule has 0 bridgehead atoms. The molecule has 1 fully saturated rings. The summed E-state index contributed by atoms with van der Waals surface area (Å²) >= 11 is 0. The first-order chi connectivity index (χ1) is 15.2. The van der Waals surface area contributed by atoms with Crippen LogP contribution in [0.25, 0.3) is 22.2 Å². The molecule has 0 unspecified atom stereocenters. The number of aromatic amines is 1. The summed E-state index contributed by atoms with van der Waals surface area (Å²) in [5.41, 5.74) is 8.08. The highest BCUT2D eigenvalue weighted by Crippen LogP contribution is 2.38. The molecular weight excluding hydrogens is 447 g/mol. The van der Waals surface area contributed by atoms with Gasteiger partial charge >= 0.3 is 7.82 Å². The fraction of sp³-hybridized carbons (Fsp3) is 0.312. The van der Waals surface area contributed by atoms with Crippen molar-refractivity contribution in [2.75, 3.05) is 12.3 Å². The lowest BCUT2D eigenvalue weighted by Gasteiger charge is -2.16. The molecule has 0 aliphatic carbocycles. The number of aromatic nitrogens is 7. The number of benzene rings is 1. The number of hydrogen-bond donors (Lipinski definition) is 6. The molecule has 4 aromatic rings. The molecule has 0 spiro atoms. The van der Waals surface area contributed by atoms with E-state index in [9.17, 15) is 14.8 Å². The Labute approximate surface area is 179 Å². The summed E-state index contributed by atoms with van der Waals surface area (Å²) in [7, 11) is -4.72. The van der Waals surface area contributed by atoms with Gasteiger partial charge in [-0.05, 0) is 12.1 Å². The molecule has 7 N–H and O–H groups in total. The number of hydrogen-bond acceptors (Lipinski definition) is 11. The second-order valence-corrected chi connectivity index (χ2v) is 7.97. The number of fused-ring (bicyclic) bond motifs is 2. The molecule has 0 radical (unpaired) electrons. The minimum absolute atomic E-state index is 0.142. The molecule has 15 nitrogen and oxygen atoms in total. The summed E-state index contributed by atoms with van der Waals surface area (Å²) in [4.78, 5) is 29.2. The van der Waals surface area contributed by atoms with E-state index < -0.39 is 39.0 Å². The van der Waals surface area contributed by atoms with Crippen LogP contribution in [0.1, 0.15) is 6.23 Å². The third kappa shape index (κ3) is 4.58. The van der Waals surface area contributed by atoms with Crippen LogP contribution in [0.4, 0.5) is 5.82 Å². The maximum Gasteiger partial charge on any atom is 0.469 e. The van der Waals surface area contributed by atoms with Crippen LogP contribution in [0.2, 0.25) is 0 Å². The zero-order chi connectivity index (χ0) is 22.9. The third-order valence-corrected chi connectivity index (χ3v) is 5.11. The number of phosphoric acid groups is 1. The molecule has 32 heavy (non-hydrogen) atoms. The number of nitrogens with two attached hydrogens (primary N) is 1. The normalized spacial score (nSPS) is 23.4. The van der Waals surface area contributed by atoms with E-state index in [0.717, 1.165) is 11.0 Å². The fourth-order valence-corrected chi connectivity index (χ4v) is 3.45. The Hall–Kier alpha value is -3.04. The van der Waals surface area contributed by atoms with Gasteiger partial charge in [0, 0.05) is 0 Å². The van der Waals surface area contributed by atoms with Crippen molar-refractivity contribution in [3.63, 3.8) is 0 Å². The molecule has 170 valence electrons. The molecule has 1 aliphatic rings. The average Bonchev–Trinajstić information content (AvgIpc) is 3.46. The topological polar surface area (TPSA) is 228 Å². The molecule has 4 atom stereocenters. The zero-order valence-corrected chi connectivity index (χ0v) is 17.1. The van der Waals surface area contributed by atoms with Gasteiger partial charge in [-0.25, -0.2) is 19.5 Å². The number of ether oxygens (including phenoxy) is 1. The van der Waals surface area contributed by atoms with Gasteiger partial charge in [-0.2, -0.15) is 15.4 Å². The molecule has 3 aromatic heterocycles. The number of nitrogens with one attached hydrogen (secondary N) is 1. The standard InChI is InChI=1S/C10H14N5O7P.C6H5N3/c11-8-5-9(13-2-12-8)15(3-14-5)10-7(17)6(16)4(22-10)1-21-23(18,19)20;1-2-4-6-5(3-1)7-9-8-6/h2-4,6-7,10,16-17H,1H2,(H2,11,12,13)(H2,18,19,20);1-4H,(H,7,8,9)/t4-,6-,7-,10-;/m1./s1. The zero-order valence-electron chi connectivity index (χ0n) is 16.2. The number of imidazole rings is 1. The van der Waals surface area contributed by atoms with Gasteiger partial charge in [0.1, 0.15) is 41.2 Å². The minimum atomic E-state index is -4.72. The molecule has 16 heteroatoms. The van der Waals surface area contributed by atoms with Gasteiger partial charge in [-0.15, -0.1) is 0 Å². The molecule has 1 aliphatic heterocycles. The number of anilines is 1. The number of phosphoric ester groups is 1. The number of rotatable bonds is 4. The fourth-order valence-electron chi connectivity index (χ4n) is 3.11. The maximum atomic E-state index is 10.7. The highest BCUT2D eigenvalue weighted by molar-refractivity contribution is 7.46. The predicted molar refractivity (Wildman–Crippen MR) is 108 cm³/mol. The Bertz CT molecular complexity index is 1230. The van der Waals surface area contributed by atoms with Crippen LogP contribution in [0.15, 0.2) is 36.9 Å². The summed E-state index contributed by atoms with van der Waals surface area (Å²) in [6.07, 6.45) is -2.49. The van der Waals surface area contributed by atoms with Crippen molar-refractivity contribution >= 4 is 35.8 Å². The number of nitrogen functional groups attached to an aromatic ring is 1. The number of aliphatic hydroxyl groups excluding tert-OH is 2. The number of aliphatic hydroxyl groups is 2. The number of H-pyrrole nitrogens is 1. The lowest BCUT2D eigenvalue weighted by molar-refractivity contribution is -0.0504. The van der Waals surface area contributed by atoms with Gasteiger partial charge in [0.2, 0.25) is 0 Å². The van der Waals surface area contributed by atoms with Crippen LogP contribution in [0.3, 0.4) is 0 Å². The molecule has 1 aromatic carbocycles. The first-order valence-corrected chi connectivity index (χ1v) is 10.7. The average molecular weight is 466 g/mol. The van der Waals surface area contributed by atoms with Crippen molar-refractivity contribution in [1.82, 2.24) is 34.9 Å². The van der Waals surface area contributed by atoms with Gasteiger partial charge in [0.25, 0.3) is 0 Å². The summed E-state index contributed by atoms with van der Waals surface area (Å²) < 4.78 is 21.8. The quantitative estimate of drug-likeness (QED) is 0.200. The summed E-state index contributed by atoms with van der Waals surface area (Å²) in [6, 6.07) is 7.70. The van der Waals surface area contributed by atoms with E-state index in [1.54, 1.807) is 0 Å². The van der Waals surface area contributed by atoms with Gasteiger partial charge in [0.05, 0.1) is 12.9 Å². The van der Waals surface area contributed by atoms with E-state index >= 15 is 0 Å². The van der Waals surface area contributed by atoms with Crippen molar-refractivity contribution < 1.29 is 33.8 Å². The summed E-state index contributed by atoms with van der Waals surface area (Å²) in [5, 5.41) is 30.4. The summed E-state index contributed by atoms with van der Waals surface area (Å²) in [6.45, 7) is -0.594. The summed E-state index contributed by atoms with van der Waals surface area (Å²) in [5.74, 6) is 0.142. The number of para-hydroxylation sites is 2. The first-order valence-electron chi connectivity index (χ1n) is 9.15. The van der Waals surface area contributed by atoms with Crippen molar-refractivity contribution in [3.05, 3.63) is 36.9 Å². The Morgan fingerprint density at radius 2 is 1.81 bits per heavy atom. The largest absolute Gasteiger partial charge is 0.469 e. The smallest absolute Gasteiger partial charge is 0.387 e. The molecule has 4 heterocycles. The van der Waals surface area contributed by atoms with Crippen molar-refractivity contribution in [1.29, 1.82) is 0 Å². The second-order valence-electron chi connectivity index (χ2n) is 6.73. The highest BCUT2D eigenvalue weighted by atomic mass is 31.2. The van der Waals surface area contributed by atoms with Crippen molar-refractivity contribution in [2.45, 2.75) is 24.5 Å². The van der Waals surface area contributed by atoms with Crippen molar-refractivity contribution in [3.8, 4) is 0 Å². The van der Waals surface area contributed by atoms with Crippen LogP contribution in [0.5, 0.6) is 0 Å². The minimum Gasteiger partial charge on any atom is -0.387 e. The first kappa shape index (κ1) is 22.2. The van der Waals surface area contributed by atoms with E-state index in [1.165, 1.54) is 17.2 Å². The van der Waals surface area contributed by atoms with E-state index in [2.05, 4.69) is 34.9 Å². The van der Waals surface area contributed by atoms with Gasteiger partial charge in [-0.1, -0.05) is 12.1 Å². The van der Waals surface area contributed by atoms with E-state index in [4.69, 9.17) is 20.3 Å². The number of nitrogens with zero attached hydrogens (tertiary/aromatic N) is 6. The lowest BCUT2D eigenvalue weighted by atomic mass is 10.1. The van der Waals surface area contributed by atoms with Crippen molar-refractivity contribution in [2.24, 2.45) is 0 Å². The van der Waals surface area contributed by atoms with Crippen LogP contribution in [-0.2, 0) is 13.8 Å². The van der Waals surface area contributed by atoms with Gasteiger partial charge in [-0.3, -0.25) is 9.09 Å². The highest BCUT2D eigenvalue weighted by Gasteiger charge is 2.45. The Kier molecular flexibility index (Phi) is 6.12. The Morgan fingerprint density at radius 3 is 2.47 bits per heavy atom. The van der Waals surface area contributed by atoms with Crippen LogP contribution in [0, 0.1) is 0 Å². The predicted octanol–water partition coefficient (Wildman–Crippen LogP) is -0.905. The lowest BCUT2D eigenvalue weighted by Crippen LogP contribution is -2.33. The van der Waals surface area contributed by atoms with Crippen LogP contribution in [-0.4, -0.2) is 79.8 Å². The second kappa shape index (κ2) is 8.84. The van der Waals surface area contributed by atoms with E-state index in [1.807, 2.05) is 24.3 Å². The molecule has 1 saturated heterocycles. The Balaban J connectivity index is 0.000000225. The Morgan fingerprint density at radius 1 is 1.12 bits per heavy atom. The van der Waals surface area contributed by atoms with E-state index in [-0.39, 0.29) is 11.5 Å². The maximum absolute atomic E-state index is 10.7. The molecule has 0 amide bonds. The van der Waals surface area contributed by atoms with Crippen LogP contribution < -0.4 is 5.73 Å².